The van der Waals surface area contributed by atoms with Crippen LogP contribution in [0.5, 0.6) is 5.75 Å². The quantitative estimate of drug-likeness (QED) is 0.580. The van der Waals surface area contributed by atoms with Crippen LogP contribution in [-0.2, 0) is 6.54 Å². The number of ether oxygens (including phenoxy) is 1. The highest BCUT2D eigenvalue weighted by atomic mass is 19.2. The highest BCUT2D eigenvalue weighted by Crippen LogP contribution is 2.27. The Morgan fingerprint density at radius 1 is 1.06 bits per heavy atom. The van der Waals surface area contributed by atoms with Gasteiger partial charge in [-0.15, -0.1) is 0 Å². The zero-order valence-electron chi connectivity index (χ0n) is 17.9. The van der Waals surface area contributed by atoms with E-state index in [4.69, 9.17) is 4.74 Å². The van der Waals surface area contributed by atoms with E-state index in [-0.39, 0.29) is 0 Å². The number of hydrogen-bond acceptors (Lipinski definition) is 5. The van der Waals surface area contributed by atoms with Gasteiger partial charge in [-0.2, -0.15) is 0 Å². The Morgan fingerprint density at radius 3 is 2.91 bits per heavy atom. The SMILES string of the molecule is Fc1ccc(OCCC2CC(C3CCCN3Cc3ccc4ncccc4c3)NN2)cc1F. The monoisotopic (exact) mass is 438 g/mol. The third-order valence-electron chi connectivity index (χ3n) is 6.57. The number of hydrazine groups is 1. The Balaban J connectivity index is 1.14. The normalized spacial score (nSPS) is 23.8. The summed E-state index contributed by atoms with van der Waals surface area (Å²) < 4.78 is 32.0. The molecule has 1 aromatic heterocycles. The van der Waals surface area contributed by atoms with Crippen molar-refractivity contribution in [2.45, 2.75) is 50.4 Å². The van der Waals surface area contributed by atoms with Crippen LogP contribution >= 0.6 is 0 Å². The van der Waals surface area contributed by atoms with Crippen molar-refractivity contribution in [3.05, 3.63) is 71.9 Å². The van der Waals surface area contributed by atoms with Crippen LogP contribution in [0.4, 0.5) is 8.78 Å². The summed E-state index contributed by atoms with van der Waals surface area (Å²) in [7, 11) is 0. The fourth-order valence-electron chi connectivity index (χ4n) is 4.94. The van der Waals surface area contributed by atoms with Crippen molar-refractivity contribution >= 4 is 10.9 Å². The Labute approximate surface area is 186 Å². The summed E-state index contributed by atoms with van der Waals surface area (Å²) in [6, 6.07) is 15.4. The van der Waals surface area contributed by atoms with Crippen LogP contribution in [-0.4, -0.2) is 41.2 Å². The van der Waals surface area contributed by atoms with Crippen molar-refractivity contribution in [2.75, 3.05) is 13.2 Å². The largest absolute Gasteiger partial charge is 0.493 e. The highest BCUT2D eigenvalue weighted by Gasteiger charge is 2.36. The average molecular weight is 439 g/mol. The summed E-state index contributed by atoms with van der Waals surface area (Å²) in [5.74, 6) is -1.38. The van der Waals surface area contributed by atoms with E-state index in [9.17, 15) is 8.78 Å². The minimum absolute atomic E-state index is 0.291. The van der Waals surface area contributed by atoms with Gasteiger partial charge in [0, 0.05) is 42.3 Å². The van der Waals surface area contributed by atoms with Gasteiger partial charge in [0.25, 0.3) is 0 Å². The number of hydrogen-bond donors (Lipinski definition) is 2. The summed E-state index contributed by atoms with van der Waals surface area (Å²) in [6.45, 7) is 2.51. The lowest BCUT2D eigenvalue weighted by Gasteiger charge is -2.29. The van der Waals surface area contributed by atoms with E-state index >= 15 is 0 Å². The second-order valence-electron chi connectivity index (χ2n) is 8.75. The number of fused-ring (bicyclic) bond motifs is 1. The molecule has 2 aliphatic heterocycles. The molecule has 0 aliphatic carbocycles. The molecule has 7 heteroatoms. The predicted octanol–water partition coefficient (Wildman–Crippen LogP) is 4.18. The first-order valence-electron chi connectivity index (χ1n) is 11.3. The molecule has 2 saturated heterocycles. The second kappa shape index (κ2) is 9.48. The molecule has 3 atom stereocenters. The van der Waals surface area contributed by atoms with Crippen molar-refractivity contribution < 1.29 is 13.5 Å². The molecule has 2 N–H and O–H groups in total. The first-order valence-corrected chi connectivity index (χ1v) is 11.3. The molecular weight excluding hydrogens is 410 g/mol. The van der Waals surface area contributed by atoms with Crippen LogP contribution in [0.25, 0.3) is 10.9 Å². The fourth-order valence-corrected chi connectivity index (χ4v) is 4.94. The molecule has 2 aromatic carbocycles. The zero-order valence-corrected chi connectivity index (χ0v) is 17.9. The third kappa shape index (κ3) is 4.75. The molecule has 0 amide bonds. The summed E-state index contributed by atoms with van der Waals surface area (Å²) in [6.07, 6.45) is 6.04. The van der Waals surface area contributed by atoms with E-state index in [1.54, 1.807) is 0 Å². The molecule has 3 unspecified atom stereocenters. The van der Waals surface area contributed by atoms with E-state index < -0.39 is 11.6 Å². The molecule has 0 spiro atoms. The lowest BCUT2D eigenvalue weighted by molar-refractivity contribution is 0.203. The first kappa shape index (κ1) is 21.2. The van der Waals surface area contributed by atoms with Gasteiger partial charge < -0.3 is 4.74 Å². The van der Waals surface area contributed by atoms with Crippen LogP contribution in [0.3, 0.4) is 0 Å². The van der Waals surface area contributed by atoms with Crippen molar-refractivity contribution in [1.29, 1.82) is 0 Å². The Kier molecular flexibility index (Phi) is 6.30. The lowest BCUT2D eigenvalue weighted by atomic mass is 9.99. The smallest absolute Gasteiger partial charge is 0.162 e. The molecule has 0 radical (unpaired) electrons. The van der Waals surface area contributed by atoms with Gasteiger partial charge in [0.1, 0.15) is 5.75 Å². The zero-order chi connectivity index (χ0) is 21.9. The molecule has 0 bridgehead atoms. The van der Waals surface area contributed by atoms with Gasteiger partial charge in [-0.05, 0) is 68.1 Å². The van der Waals surface area contributed by atoms with Crippen LogP contribution in [0, 0.1) is 11.6 Å². The van der Waals surface area contributed by atoms with Crippen molar-refractivity contribution in [2.24, 2.45) is 0 Å². The maximum atomic E-state index is 13.3. The van der Waals surface area contributed by atoms with E-state index in [0.717, 1.165) is 43.6 Å². The Hall–Kier alpha value is -2.61. The molecule has 3 heterocycles. The molecular formula is C25H28F2N4O. The van der Waals surface area contributed by atoms with Gasteiger partial charge in [0.2, 0.25) is 0 Å². The summed E-state index contributed by atoms with van der Waals surface area (Å²) in [5.41, 5.74) is 9.24. The molecule has 2 aliphatic rings. The number of benzene rings is 2. The van der Waals surface area contributed by atoms with Crippen LogP contribution in [0.1, 0.15) is 31.2 Å². The average Bonchev–Trinajstić information content (AvgIpc) is 3.45. The van der Waals surface area contributed by atoms with Crippen LogP contribution in [0.2, 0.25) is 0 Å². The molecule has 0 saturated carbocycles. The number of aromatic nitrogens is 1. The number of nitrogens with one attached hydrogen (secondary N) is 2. The number of rotatable bonds is 7. The first-order chi connectivity index (χ1) is 15.7. The van der Waals surface area contributed by atoms with Crippen molar-refractivity contribution in [3.8, 4) is 5.75 Å². The molecule has 5 rings (SSSR count). The molecule has 32 heavy (non-hydrogen) atoms. The summed E-state index contributed by atoms with van der Waals surface area (Å²) in [5, 5.41) is 1.18. The number of halogens is 2. The standard InChI is InChI=1S/C25H28F2N4O/c26-21-7-6-20(15-22(21)27)32-12-9-19-14-24(30-29-19)25-4-2-11-31(25)16-17-5-8-23-18(13-17)3-1-10-28-23/h1,3,5-8,10,13,15,19,24-25,29-30H,2,4,9,11-12,14,16H2. The predicted molar refractivity (Wildman–Crippen MR) is 120 cm³/mol. The van der Waals surface area contributed by atoms with Gasteiger partial charge in [-0.1, -0.05) is 12.1 Å². The highest BCUT2D eigenvalue weighted by molar-refractivity contribution is 5.78. The van der Waals surface area contributed by atoms with Gasteiger partial charge in [0.15, 0.2) is 11.6 Å². The fraction of sp³-hybridized carbons (Fsp3) is 0.400. The topological polar surface area (TPSA) is 49.4 Å². The van der Waals surface area contributed by atoms with Gasteiger partial charge in [0.05, 0.1) is 12.1 Å². The van der Waals surface area contributed by atoms with Gasteiger partial charge >= 0.3 is 0 Å². The minimum Gasteiger partial charge on any atom is -0.493 e. The molecule has 5 nitrogen and oxygen atoms in total. The summed E-state index contributed by atoms with van der Waals surface area (Å²) in [4.78, 5) is 7.00. The molecule has 2 fully saturated rings. The van der Waals surface area contributed by atoms with E-state index in [1.807, 2.05) is 12.3 Å². The van der Waals surface area contributed by atoms with Gasteiger partial charge in [-0.25, -0.2) is 8.78 Å². The lowest BCUT2D eigenvalue weighted by Crippen LogP contribution is -2.45. The Bertz CT molecular complexity index is 1080. The van der Waals surface area contributed by atoms with E-state index in [1.165, 1.54) is 29.9 Å². The van der Waals surface area contributed by atoms with E-state index in [0.29, 0.717) is 30.5 Å². The second-order valence-corrected chi connectivity index (χ2v) is 8.75. The molecule has 3 aromatic rings. The van der Waals surface area contributed by atoms with Crippen molar-refractivity contribution in [1.82, 2.24) is 20.7 Å². The number of nitrogens with zero attached hydrogens (tertiary/aromatic N) is 2. The van der Waals surface area contributed by atoms with Crippen molar-refractivity contribution in [3.63, 3.8) is 0 Å². The maximum absolute atomic E-state index is 13.3. The van der Waals surface area contributed by atoms with Crippen LogP contribution < -0.4 is 15.6 Å². The van der Waals surface area contributed by atoms with Gasteiger partial charge in [-0.3, -0.25) is 20.7 Å². The minimum atomic E-state index is -0.882. The maximum Gasteiger partial charge on any atom is 0.162 e. The molecule has 168 valence electrons. The van der Waals surface area contributed by atoms with Crippen LogP contribution in [0.15, 0.2) is 54.7 Å². The summed E-state index contributed by atoms with van der Waals surface area (Å²) >= 11 is 0. The number of pyridine rings is 1. The van der Waals surface area contributed by atoms with E-state index in [2.05, 4.69) is 45.0 Å². The third-order valence-corrected chi connectivity index (χ3v) is 6.57. The number of likely N-dealkylation sites (tertiary alicyclic amines) is 1. The Morgan fingerprint density at radius 2 is 2.00 bits per heavy atom.